The predicted octanol–water partition coefficient (Wildman–Crippen LogP) is 2.62. The normalized spacial score (nSPS) is 28.4. The molecule has 2 aliphatic rings. The monoisotopic (exact) mass is 236 g/mol. The third-order valence-electron chi connectivity index (χ3n) is 3.96. The second-order valence-corrected chi connectivity index (χ2v) is 6.05. The van der Waals surface area contributed by atoms with Crippen molar-refractivity contribution < 1.29 is 0 Å². The molecule has 0 aromatic carbocycles. The summed E-state index contributed by atoms with van der Waals surface area (Å²) in [5.74, 6) is 0.908. The second kappa shape index (κ2) is 4.47. The first-order valence-corrected chi connectivity index (χ1v) is 7.27. The van der Waals surface area contributed by atoms with Crippen LogP contribution in [0.1, 0.15) is 36.6 Å². The van der Waals surface area contributed by atoms with Gasteiger partial charge >= 0.3 is 0 Å². The maximum absolute atomic E-state index is 5.90. The van der Waals surface area contributed by atoms with E-state index in [1.54, 1.807) is 4.88 Å². The van der Waals surface area contributed by atoms with Crippen molar-refractivity contribution in [2.75, 3.05) is 13.1 Å². The van der Waals surface area contributed by atoms with Crippen LogP contribution in [0.2, 0.25) is 0 Å². The van der Waals surface area contributed by atoms with Crippen LogP contribution < -0.4 is 5.73 Å². The lowest BCUT2D eigenvalue weighted by molar-refractivity contribution is 0.167. The first-order valence-electron chi connectivity index (χ1n) is 6.39. The maximum Gasteiger partial charge on any atom is 0.0473 e. The summed E-state index contributed by atoms with van der Waals surface area (Å²) in [6.45, 7) is 2.08. The molecule has 2 fully saturated rings. The van der Waals surface area contributed by atoms with Crippen LogP contribution in [0.15, 0.2) is 17.5 Å². The predicted molar refractivity (Wildman–Crippen MR) is 68.6 cm³/mol. The highest BCUT2D eigenvalue weighted by atomic mass is 32.1. The fourth-order valence-electron chi connectivity index (χ4n) is 3.02. The Bertz CT molecular complexity index is 332. The molecule has 3 rings (SSSR count). The Labute approximate surface area is 101 Å². The molecule has 0 bridgehead atoms. The molecule has 2 N–H and O–H groups in total. The van der Waals surface area contributed by atoms with Gasteiger partial charge in [-0.15, -0.1) is 11.3 Å². The van der Waals surface area contributed by atoms with E-state index in [2.05, 4.69) is 22.4 Å². The van der Waals surface area contributed by atoms with Crippen molar-refractivity contribution in [3.63, 3.8) is 0 Å². The van der Waals surface area contributed by atoms with Gasteiger partial charge in [0, 0.05) is 23.5 Å². The average Bonchev–Trinajstić information content (AvgIpc) is 2.83. The molecule has 0 amide bonds. The van der Waals surface area contributed by atoms with Crippen molar-refractivity contribution in [1.29, 1.82) is 0 Å². The van der Waals surface area contributed by atoms with Crippen LogP contribution in [0.5, 0.6) is 0 Å². The molecule has 1 aromatic rings. The van der Waals surface area contributed by atoms with Gasteiger partial charge in [0.2, 0.25) is 0 Å². The molecule has 16 heavy (non-hydrogen) atoms. The molecular formula is C13H20N2S. The Morgan fingerprint density at radius 2 is 2.31 bits per heavy atom. The Morgan fingerprint density at radius 1 is 1.44 bits per heavy atom. The number of rotatable bonds is 4. The van der Waals surface area contributed by atoms with E-state index in [-0.39, 0.29) is 0 Å². The quantitative estimate of drug-likeness (QED) is 0.870. The summed E-state index contributed by atoms with van der Waals surface area (Å²) in [5.41, 5.74) is 5.90. The highest BCUT2D eigenvalue weighted by molar-refractivity contribution is 7.10. The summed E-state index contributed by atoms with van der Waals surface area (Å²) in [5, 5.41) is 2.21. The van der Waals surface area contributed by atoms with E-state index in [0.717, 1.165) is 12.5 Å². The minimum absolute atomic E-state index is 0.632. The zero-order valence-corrected chi connectivity index (χ0v) is 10.5. The molecule has 2 atom stereocenters. The van der Waals surface area contributed by atoms with Crippen LogP contribution in [-0.2, 0) is 0 Å². The second-order valence-electron chi connectivity index (χ2n) is 5.07. The van der Waals surface area contributed by atoms with Gasteiger partial charge < -0.3 is 5.73 Å². The first kappa shape index (κ1) is 10.8. The fourth-order valence-corrected chi connectivity index (χ4v) is 3.95. The van der Waals surface area contributed by atoms with Gasteiger partial charge in [-0.25, -0.2) is 0 Å². The summed E-state index contributed by atoms with van der Waals surface area (Å²) in [7, 11) is 0. The summed E-state index contributed by atoms with van der Waals surface area (Å²) >= 11 is 1.92. The number of nitrogens with zero attached hydrogens (tertiary/aromatic N) is 1. The number of hydrogen-bond donors (Lipinski definition) is 1. The van der Waals surface area contributed by atoms with E-state index in [1.165, 1.54) is 32.2 Å². The molecule has 3 heteroatoms. The van der Waals surface area contributed by atoms with Gasteiger partial charge in [0.15, 0.2) is 0 Å². The van der Waals surface area contributed by atoms with Gasteiger partial charge in [-0.05, 0) is 49.6 Å². The van der Waals surface area contributed by atoms with E-state index in [4.69, 9.17) is 5.73 Å². The van der Waals surface area contributed by atoms with Crippen molar-refractivity contribution >= 4 is 11.3 Å². The standard InChI is InChI=1S/C13H20N2S/c14-9-11-3-1-7-15(11)13(10-5-6-10)12-4-2-8-16-12/h2,4,8,10-11,13H,1,3,5-7,9,14H2. The van der Waals surface area contributed by atoms with E-state index in [1.807, 2.05) is 11.3 Å². The summed E-state index contributed by atoms with van der Waals surface area (Å²) in [6, 6.07) is 5.80. The zero-order chi connectivity index (χ0) is 11.0. The molecular weight excluding hydrogens is 216 g/mol. The van der Waals surface area contributed by atoms with Gasteiger partial charge in [-0.3, -0.25) is 4.90 Å². The number of hydrogen-bond acceptors (Lipinski definition) is 3. The minimum Gasteiger partial charge on any atom is -0.329 e. The first-order chi connectivity index (χ1) is 7.90. The molecule has 0 spiro atoms. The maximum atomic E-state index is 5.90. The minimum atomic E-state index is 0.632. The van der Waals surface area contributed by atoms with E-state index in [0.29, 0.717) is 12.1 Å². The summed E-state index contributed by atoms with van der Waals surface area (Å²) in [4.78, 5) is 4.24. The highest BCUT2D eigenvalue weighted by Gasteiger charge is 2.40. The van der Waals surface area contributed by atoms with Gasteiger partial charge in [0.05, 0.1) is 0 Å². The molecule has 2 heterocycles. The smallest absolute Gasteiger partial charge is 0.0473 e. The third kappa shape index (κ3) is 1.92. The Kier molecular flexibility index (Phi) is 3.01. The molecule has 1 aliphatic carbocycles. The van der Waals surface area contributed by atoms with E-state index >= 15 is 0 Å². The SMILES string of the molecule is NCC1CCCN1C(c1cccs1)C1CC1. The van der Waals surface area contributed by atoms with Crippen molar-refractivity contribution in [2.24, 2.45) is 11.7 Å². The largest absolute Gasteiger partial charge is 0.329 e. The Hall–Kier alpha value is -0.380. The Morgan fingerprint density at radius 3 is 2.94 bits per heavy atom. The van der Waals surface area contributed by atoms with Crippen molar-refractivity contribution in [3.8, 4) is 0 Å². The lowest BCUT2D eigenvalue weighted by atomic mass is 10.1. The van der Waals surface area contributed by atoms with E-state index in [9.17, 15) is 0 Å². The van der Waals surface area contributed by atoms with Crippen LogP contribution >= 0.6 is 11.3 Å². The number of thiophene rings is 1. The topological polar surface area (TPSA) is 29.3 Å². The number of likely N-dealkylation sites (tertiary alicyclic amines) is 1. The molecule has 1 aromatic heterocycles. The lowest BCUT2D eigenvalue weighted by Crippen LogP contribution is -2.38. The van der Waals surface area contributed by atoms with E-state index < -0.39 is 0 Å². The van der Waals surface area contributed by atoms with Gasteiger partial charge in [0.25, 0.3) is 0 Å². The number of nitrogens with two attached hydrogens (primary N) is 1. The van der Waals surface area contributed by atoms with Crippen LogP contribution in [0.3, 0.4) is 0 Å². The average molecular weight is 236 g/mol. The molecule has 2 unspecified atom stereocenters. The molecule has 1 saturated carbocycles. The molecule has 1 saturated heterocycles. The highest BCUT2D eigenvalue weighted by Crippen LogP contribution is 2.47. The van der Waals surface area contributed by atoms with Crippen molar-refractivity contribution in [3.05, 3.63) is 22.4 Å². The van der Waals surface area contributed by atoms with Crippen LogP contribution in [0, 0.1) is 5.92 Å². The third-order valence-corrected chi connectivity index (χ3v) is 4.90. The molecule has 2 nitrogen and oxygen atoms in total. The Balaban J connectivity index is 1.83. The zero-order valence-electron chi connectivity index (χ0n) is 9.64. The van der Waals surface area contributed by atoms with Gasteiger partial charge in [-0.2, -0.15) is 0 Å². The summed E-state index contributed by atoms with van der Waals surface area (Å²) in [6.07, 6.45) is 5.45. The lowest BCUT2D eigenvalue weighted by Gasteiger charge is -2.32. The molecule has 0 radical (unpaired) electrons. The fraction of sp³-hybridized carbons (Fsp3) is 0.692. The van der Waals surface area contributed by atoms with Gasteiger partial charge in [0.1, 0.15) is 0 Å². The van der Waals surface area contributed by atoms with Crippen LogP contribution in [0.4, 0.5) is 0 Å². The van der Waals surface area contributed by atoms with Crippen LogP contribution in [0.25, 0.3) is 0 Å². The van der Waals surface area contributed by atoms with Crippen molar-refractivity contribution in [1.82, 2.24) is 4.90 Å². The van der Waals surface area contributed by atoms with Crippen LogP contribution in [-0.4, -0.2) is 24.0 Å². The molecule has 1 aliphatic heterocycles. The van der Waals surface area contributed by atoms with Crippen molar-refractivity contribution in [2.45, 2.75) is 37.8 Å². The molecule has 88 valence electrons. The van der Waals surface area contributed by atoms with Gasteiger partial charge in [-0.1, -0.05) is 6.07 Å². The summed E-state index contributed by atoms with van der Waals surface area (Å²) < 4.78 is 0.